The molecule has 25 heavy (non-hydrogen) atoms. The molecule has 2 unspecified atom stereocenters. The quantitative estimate of drug-likeness (QED) is 0.888. The van der Waals surface area contributed by atoms with Crippen LogP contribution in [0.4, 0.5) is 5.13 Å². The lowest BCUT2D eigenvalue weighted by Gasteiger charge is -2.35. The third-order valence-corrected chi connectivity index (χ3v) is 6.98. The molecule has 1 amide bonds. The Bertz CT molecular complexity index is 782. The SMILES string of the molecule is O=C(NC1CCCC1)c1ccc2sc(N3C4CCC3CNC4)nc2c1. The van der Waals surface area contributed by atoms with Crippen LogP contribution in [0.1, 0.15) is 48.9 Å². The van der Waals surface area contributed by atoms with Gasteiger partial charge < -0.3 is 15.5 Å². The lowest BCUT2D eigenvalue weighted by molar-refractivity contribution is 0.0938. The summed E-state index contributed by atoms with van der Waals surface area (Å²) in [6.45, 7) is 2.11. The highest BCUT2D eigenvalue weighted by atomic mass is 32.1. The highest BCUT2D eigenvalue weighted by Crippen LogP contribution is 2.37. The van der Waals surface area contributed by atoms with Gasteiger partial charge in [0.15, 0.2) is 5.13 Å². The lowest BCUT2D eigenvalue weighted by atomic mass is 10.1. The molecule has 0 radical (unpaired) electrons. The van der Waals surface area contributed by atoms with Crippen molar-refractivity contribution in [2.45, 2.75) is 56.7 Å². The summed E-state index contributed by atoms with van der Waals surface area (Å²) in [5.41, 5.74) is 1.69. The summed E-state index contributed by atoms with van der Waals surface area (Å²) >= 11 is 1.76. The number of hydrogen-bond acceptors (Lipinski definition) is 5. The van der Waals surface area contributed by atoms with Crippen molar-refractivity contribution in [3.8, 4) is 0 Å². The Balaban J connectivity index is 1.40. The number of fused-ring (bicyclic) bond motifs is 3. The highest BCUT2D eigenvalue weighted by molar-refractivity contribution is 7.22. The van der Waals surface area contributed by atoms with Gasteiger partial charge in [-0.15, -0.1) is 0 Å². The molecule has 2 aliphatic heterocycles. The molecule has 5 rings (SSSR count). The molecule has 2 atom stereocenters. The number of nitrogens with zero attached hydrogens (tertiary/aromatic N) is 2. The Morgan fingerprint density at radius 3 is 2.68 bits per heavy atom. The monoisotopic (exact) mass is 356 g/mol. The fraction of sp³-hybridized carbons (Fsp3) is 0.579. The normalized spacial score (nSPS) is 26.5. The molecule has 2 aromatic rings. The Labute approximate surface area is 151 Å². The number of rotatable bonds is 3. The minimum atomic E-state index is 0.0468. The van der Waals surface area contributed by atoms with E-state index in [1.165, 1.54) is 30.4 Å². The van der Waals surface area contributed by atoms with Crippen LogP contribution in [0.3, 0.4) is 0 Å². The van der Waals surface area contributed by atoms with E-state index >= 15 is 0 Å². The molecule has 1 aliphatic carbocycles. The van der Waals surface area contributed by atoms with Gasteiger partial charge in [0.05, 0.1) is 10.2 Å². The van der Waals surface area contributed by atoms with Gasteiger partial charge in [-0.25, -0.2) is 4.98 Å². The maximum atomic E-state index is 12.5. The Kier molecular flexibility index (Phi) is 3.90. The highest BCUT2D eigenvalue weighted by Gasteiger charge is 2.38. The molecular formula is C19H24N4OS. The number of thiazole rings is 1. The molecule has 3 fully saturated rings. The molecule has 1 saturated carbocycles. The van der Waals surface area contributed by atoms with E-state index in [0.29, 0.717) is 18.1 Å². The lowest BCUT2D eigenvalue weighted by Crippen LogP contribution is -2.51. The molecular weight excluding hydrogens is 332 g/mol. The summed E-state index contributed by atoms with van der Waals surface area (Å²) in [7, 11) is 0. The van der Waals surface area contributed by atoms with Crippen molar-refractivity contribution >= 4 is 32.6 Å². The van der Waals surface area contributed by atoms with Crippen molar-refractivity contribution in [3.63, 3.8) is 0 Å². The predicted molar refractivity (Wildman–Crippen MR) is 102 cm³/mol. The summed E-state index contributed by atoms with van der Waals surface area (Å²) < 4.78 is 1.17. The van der Waals surface area contributed by atoms with Crippen LogP contribution >= 0.6 is 11.3 Å². The van der Waals surface area contributed by atoms with Crippen LogP contribution < -0.4 is 15.5 Å². The first-order valence-electron chi connectivity index (χ1n) is 9.48. The zero-order chi connectivity index (χ0) is 16.8. The van der Waals surface area contributed by atoms with Gasteiger partial charge in [-0.3, -0.25) is 4.79 Å². The number of aromatic nitrogens is 1. The minimum Gasteiger partial charge on any atom is -0.349 e. The third kappa shape index (κ3) is 2.81. The first kappa shape index (κ1) is 15.6. The van der Waals surface area contributed by atoms with E-state index in [-0.39, 0.29) is 5.91 Å². The maximum Gasteiger partial charge on any atom is 0.251 e. The van der Waals surface area contributed by atoms with Crippen LogP contribution in [0.15, 0.2) is 18.2 Å². The maximum absolute atomic E-state index is 12.5. The number of carbonyl (C=O) groups excluding carboxylic acids is 1. The number of piperazine rings is 1. The fourth-order valence-corrected chi connectivity index (χ4v) is 5.69. The van der Waals surface area contributed by atoms with Gasteiger partial charge in [-0.2, -0.15) is 0 Å². The molecule has 3 heterocycles. The van der Waals surface area contributed by atoms with Crippen molar-refractivity contribution < 1.29 is 4.79 Å². The number of anilines is 1. The Morgan fingerprint density at radius 2 is 1.92 bits per heavy atom. The second-order valence-electron chi connectivity index (χ2n) is 7.58. The molecule has 0 spiro atoms. The molecule has 1 aromatic carbocycles. The molecule has 2 bridgehead atoms. The van der Waals surface area contributed by atoms with Gasteiger partial charge in [0.1, 0.15) is 0 Å². The molecule has 1 aromatic heterocycles. The van der Waals surface area contributed by atoms with Crippen molar-refractivity contribution in [2.24, 2.45) is 0 Å². The summed E-state index contributed by atoms with van der Waals surface area (Å²) in [4.78, 5) is 19.9. The molecule has 5 nitrogen and oxygen atoms in total. The van der Waals surface area contributed by atoms with Crippen molar-refractivity contribution in [1.82, 2.24) is 15.6 Å². The van der Waals surface area contributed by atoms with Crippen LogP contribution in [0.25, 0.3) is 10.2 Å². The van der Waals surface area contributed by atoms with Gasteiger partial charge >= 0.3 is 0 Å². The van der Waals surface area contributed by atoms with Gasteiger partial charge in [0.25, 0.3) is 5.91 Å². The summed E-state index contributed by atoms with van der Waals surface area (Å²) in [5, 5.41) is 7.82. The van der Waals surface area contributed by atoms with Crippen molar-refractivity contribution in [2.75, 3.05) is 18.0 Å². The summed E-state index contributed by atoms with van der Waals surface area (Å²) in [5.74, 6) is 0.0468. The van der Waals surface area contributed by atoms with Crippen LogP contribution in [0.5, 0.6) is 0 Å². The van der Waals surface area contributed by atoms with Crippen LogP contribution in [0.2, 0.25) is 0 Å². The number of amides is 1. The molecule has 6 heteroatoms. The minimum absolute atomic E-state index is 0.0468. The number of hydrogen-bond donors (Lipinski definition) is 2. The number of nitrogens with one attached hydrogen (secondary N) is 2. The van der Waals surface area contributed by atoms with Crippen molar-refractivity contribution in [1.29, 1.82) is 0 Å². The van der Waals surface area contributed by atoms with Gasteiger partial charge in [0, 0.05) is 36.8 Å². The second kappa shape index (κ2) is 6.25. The standard InChI is InChI=1S/C19H24N4OS/c24-18(21-13-3-1-2-4-13)12-5-8-17-16(9-12)22-19(25-17)23-14-6-7-15(23)11-20-10-14/h5,8-9,13-15,20H,1-4,6-7,10-11H2,(H,21,24). The average molecular weight is 356 g/mol. The van der Waals surface area contributed by atoms with E-state index in [0.717, 1.165) is 42.1 Å². The van der Waals surface area contributed by atoms with E-state index in [1.54, 1.807) is 11.3 Å². The first-order valence-corrected chi connectivity index (χ1v) is 10.3. The van der Waals surface area contributed by atoms with E-state index in [2.05, 4.69) is 21.6 Å². The Morgan fingerprint density at radius 1 is 1.16 bits per heavy atom. The summed E-state index contributed by atoms with van der Waals surface area (Å²) in [6.07, 6.45) is 7.19. The fourth-order valence-electron chi connectivity index (χ4n) is 4.60. The van der Waals surface area contributed by atoms with E-state index in [9.17, 15) is 4.79 Å². The average Bonchev–Trinajstić information content (AvgIpc) is 3.32. The first-order chi connectivity index (χ1) is 12.3. The molecule has 2 saturated heterocycles. The van der Waals surface area contributed by atoms with Gasteiger partial charge in [-0.1, -0.05) is 24.2 Å². The smallest absolute Gasteiger partial charge is 0.251 e. The third-order valence-electron chi connectivity index (χ3n) is 5.93. The topological polar surface area (TPSA) is 57.3 Å². The largest absolute Gasteiger partial charge is 0.349 e. The van der Waals surface area contributed by atoms with E-state index in [1.807, 2.05) is 12.1 Å². The Hall–Kier alpha value is -1.66. The van der Waals surface area contributed by atoms with Crippen LogP contribution in [-0.2, 0) is 0 Å². The van der Waals surface area contributed by atoms with Crippen molar-refractivity contribution in [3.05, 3.63) is 23.8 Å². The van der Waals surface area contributed by atoms with Gasteiger partial charge in [-0.05, 0) is 43.9 Å². The molecule has 132 valence electrons. The zero-order valence-corrected chi connectivity index (χ0v) is 15.1. The predicted octanol–water partition coefficient (Wildman–Crippen LogP) is 2.91. The molecule has 3 aliphatic rings. The van der Waals surface area contributed by atoms with Crippen LogP contribution in [-0.4, -0.2) is 42.1 Å². The summed E-state index contributed by atoms with van der Waals surface area (Å²) in [6, 6.07) is 7.47. The van der Waals surface area contributed by atoms with Crippen LogP contribution in [0, 0.1) is 0 Å². The van der Waals surface area contributed by atoms with Gasteiger partial charge in [0.2, 0.25) is 0 Å². The van der Waals surface area contributed by atoms with E-state index in [4.69, 9.17) is 4.98 Å². The zero-order valence-electron chi connectivity index (χ0n) is 14.3. The molecule has 2 N–H and O–H groups in total. The number of benzene rings is 1. The second-order valence-corrected chi connectivity index (χ2v) is 8.59. The number of carbonyl (C=O) groups is 1. The van der Waals surface area contributed by atoms with E-state index < -0.39 is 0 Å².